The van der Waals surface area contributed by atoms with Gasteiger partial charge in [0.1, 0.15) is 5.60 Å². The first kappa shape index (κ1) is 17.2. The highest BCUT2D eigenvalue weighted by Crippen LogP contribution is 2.06. The van der Waals surface area contributed by atoms with E-state index in [2.05, 4.69) is 24.5 Å². The Kier molecular flexibility index (Phi) is 8.00. The molecule has 0 aromatic heterocycles. The summed E-state index contributed by atoms with van der Waals surface area (Å²) in [5, 5.41) is 6.30. The number of ether oxygens (including phenoxy) is 1. The molecule has 2 atom stereocenters. The molecule has 0 saturated carbocycles. The number of hydrogen-bond acceptors (Lipinski definition) is 3. The minimum absolute atomic E-state index is 0.0748. The Morgan fingerprint density at radius 1 is 1.28 bits per heavy atom. The number of nitrogens with one attached hydrogen (secondary N) is 2. The molecular formula is C14H30N2O2. The molecule has 18 heavy (non-hydrogen) atoms. The first-order valence-electron chi connectivity index (χ1n) is 7.01. The summed E-state index contributed by atoms with van der Waals surface area (Å²) in [5.74, 6) is 0. The largest absolute Gasteiger partial charge is 0.444 e. The van der Waals surface area contributed by atoms with Crippen molar-refractivity contribution in [1.29, 1.82) is 0 Å². The third-order valence-corrected chi connectivity index (χ3v) is 2.61. The number of amides is 1. The lowest BCUT2D eigenvalue weighted by molar-refractivity contribution is 0.0507. The minimum atomic E-state index is -0.439. The van der Waals surface area contributed by atoms with Gasteiger partial charge in [-0.1, -0.05) is 20.3 Å². The Bertz CT molecular complexity index is 236. The molecule has 0 rings (SSSR count). The molecule has 2 N–H and O–H groups in total. The Hall–Kier alpha value is -0.770. The summed E-state index contributed by atoms with van der Waals surface area (Å²) in [4.78, 5) is 11.5. The molecule has 0 spiro atoms. The van der Waals surface area contributed by atoms with Crippen molar-refractivity contribution in [2.75, 3.05) is 6.54 Å². The maximum Gasteiger partial charge on any atom is 0.407 e. The molecule has 0 bridgehead atoms. The van der Waals surface area contributed by atoms with Gasteiger partial charge in [-0.15, -0.1) is 0 Å². The zero-order chi connectivity index (χ0) is 14.2. The standard InChI is InChI=1S/C14H30N2O2/c1-7-9-12(8-2)15-10-11(3)16-13(17)18-14(4,5)6/h11-12,15H,7-10H2,1-6H3,(H,16,17). The molecule has 4 nitrogen and oxygen atoms in total. The van der Waals surface area contributed by atoms with E-state index in [0.717, 1.165) is 13.0 Å². The fourth-order valence-corrected chi connectivity index (χ4v) is 1.70. The molecule has 0 aliphatic carbocycles. The lowest BCUT2D eigenvalue weighted by atomic mass is 10.1. The van der Waals surface area contributed by atoms with Gasteiger partial charge in [0, 0.05) is 18.6 Å². The minimum Gasteiger partial charge on any atom is -0.444 e. The molecule has 0 heterocycles. The van der Waals surface area contributed by atoms with Crippen molar-refractivity contribution in [3.05, 3.63) is 0 Å². The van der Waals surface area contributed by atoms with Gasteiger partial charge < -0.3 is 15.4 Å². The molecule has 0 aliphatic rings. The van der Waals surface area contributed by atoms with E-state index < -0.39 is 5.60 Å². The highest BCUT2D eigenvalue weighted by molar-refractivity contribution is 5.68. The average Bonchev–Trinajstić information content (AvgIpc) is 2.21. The van der Waals surface area contributed by atoms with Gasteiger partial charge in [0.05, 0.1) is 0 Å². The van der Waals surface area contributed by atoms with Crippen molar-refractivity contribution in [2.45, 2.75) is 78.5 Å². The molecule has 0 fully saturated rings. The second-order valence-electron chi connectivity index (χ2n) is 5.85. The highest BCUT2D eigenvalue weighted by Gasteiger charge is 2.17. The van der Waals surface area contributed by atoms with E-state index in [1.807, 2.05) is 27.7 Å². The van der Waals surface area contributed by atoms with Crippen molar-refractivity contribution < 1.29 is 9.53 Å². The number of alkyl carbamates (subject to hydrolysis) is 1. The van der Waals surface area contributed by atoms with Crippen molar-refractivity contribution in [2.24, 2.45) is 0 Å². The van der Waals surface area contributed by atoms with E-state index >= 15 is 0 Å². The van der Waals surface area contributed by atoms with Crippen LogP contribution in [0.3, 0.4) is 0 Å². The van der Waals surface area contributed by atoms with Crippen molar-refractivity contribution in [1.82, 2.24) is 10.6 Å². The van der Waals surface area contributed by atoms with Crippen LogP contribution in [0.25, 0.3) is 0 Å². The summed E-state index contributed by atoms with van der Waals surface area (Å²) in [7, 11) is 0. The molecule has 0 aromatic rings. The van der Waals surface area contributed by atoms with Crippen molar-refractivity contribution in [3.8, 4) is 0 Å². The lowest BCUT2D eigenvalue weighted by Gasteiger charge is -2.23. The molecule has 0 radical (unpaired) electrons. The average molecular weight is 258 g/mol. The Morgan fingerprint density at radius 2 is 1.89 bits per heavy atom. The summed E-state index contributed by atoms with van der Waals surface area (Å²) in [5.41, 5.74) is -0.439. The first-order valence-corrected chi connectivity index (χ1v) is 7.01. The molecule has 1 amide bonds. The lowest BCUT2D eigenvalue weighted by Crippen LogP contribution is -2.44. The number of carbonyl (C=O) groups excluding carboxylic acids is 1. The van der Waals surface area contributed by atoms with Crippen LogP contribution in [0.5, 0.6) is 0 Å². The second kappa shape index (κ2) is 8.35. The van der Waals surface area contributed by atoms with E-state index in [-0.39, 0.29) is 12.1 Å². The highest BCUT2D eigenvalue weighted by atomic mass is 16.6. The SMILES string of the molecule is CCCC(CC)NCC(C)NC(=O)OC(C)(C)C. The van der Waals surface area contributed by atoms with E-state index in [9.17, 15) is 4.79 Å². The topological polar surface area (TPSA) is 50.4 Å². The van der Waals surface area contributed by atoms with Gasteiger partial charge >= 0.3 is 6.09 Å². The fourth-order valence-electron chi connectivity index (χ4n) is 1.70. The molecular weight excluding hydrogens is 228 g/mol. The van der Waals surface area contributed by atoms with Crippen LogP contribution in [0.4, 0.5) is 4.79 Å². The first-order chi connectivity index (χ1) is 8.28. The van der Waals surface area contributed by atoms with Crippen LogP contribution in [0, 0.1) is 0 Å². The molecule has 0 aliphatic heterocycles. The second-order valence-corrected chi connectivity index (χ2v) is 5.85. The maximum absolute atomic E-state index is 11.5. The van der Waals surface area contributed by atoms with E-state index in [1.165, 1.54) is 12.8 Å². The molecule has 0 saturated heterocycles. The Labute approximate surface area is 112 Å². The monoisotopic (exact) mass is 258 g/mol. The van der Waals surface area contributed by atoms with Crippen LogP contribution >= 0.6 is 0 Å². The summed E-state index contributed by atoms with van der Waals surface area (Å²) in [6.45, 7) is 12.7. The van der Waals surface area contributed by atoms with Gasteiger partial charge in [-0.05, 0) is 40.5 Å². The zero-order valence-electron chi connectivity index (χ0n) is 12.8. The summed E-state index contributed by atoms with van der Waals surface area (Å²) < 4.78 is 5.21. The van der Waals surface area contributed by atoms with Crippen LogP contribution < -0.4 is 10.6 Å². The van der Waals surface area contributed by atoms with Crippen molar-refractivity contribution in [3.63, 3.8) is 0 Å². The number of rotatable bonds is 7. The Morgan fingerprint density at radius 3 is 2.33 bits per heavy atom. The van der Waals surface area contributed by atoms with Crippen LogP contribution in [-0.4, -0.2) is 30.3 Å². The third kappa shape index (κ3) is 9.28. The number of carbonyl (C=O) groups is 1. The van der Waals surface area contributed by atoms with E-state index in [1.54, 1.807) is 0 Å². The normalized spacial score (nSPS) is 15.0. The van der Waals surface area contributed by atoms with E-state index in [0.29, 0.717) is 6.04 Å². The van der Waals surface area contributed by atoms with Crippen LogP contribution in [0.2, 0.25) is 0 Å². The van der Waals surface area contributed by atoms with Gasteiger partial charge in [0.25, 0.3) is 0 Å². The Balaban J connectivity index is 3.89. The smallest absolute Gasteiger partial charge is 0.407 e. The summed E-state index contributed by atoms with van der Waals surface area (Å²) in [6.07, 6.45) is 3.13. The summed E-state index contributed by atoms with van der Waals surface area (Å²) >= 11 is 0. The molecule has 4 heteroatoms. The van der Waals surface area contributed by atoms with Crippen LogP contribution in [-0.2, 0) is 4.74 Å². The zero-order valence-corrected chi connectivity index (χ0v) is 12.8. The number of hydrogen-bond donors (Lipinski definition) is 2. The molecule has 0 aromatic carbocycles. The molecule has 108 valence electrons. The van der Waals surface area contributed by atoms with Gasteiger partial charge in [-0.25, -0.2) is 4.79 Å². The predicted molar refractivity (Wildman–Crippen MR) is 75.8 cm³/mol. The molecule has 2 unspecified atom stereocenters. The third-order valence-electron chi connectivity index (χ3n) is 2.61. The fraction of sp³-hybridized carbons (Fsp3) is 0.929. The summed E-state index contributed by atoms with van der Waals surface area (Å²) in [6, 6.07) is 0.614. The van der Waals surface area contributed by atoms with Crippen molar-refractivity contribution >= 4 is 6.09 Å². The van der Waals surface area contributed by atoms with Gasteiger partial charge in [-0.2, -0.15) is 0 Å². The van der Waals surface area contributed by atoms with Gasteiger partial charge in [-0.3, -0.25) is 0 Å². The van der Waals surface area contributed by atoms with Crippen LogP contribution in [0.15, 0.2) is 0 Å². The van der Waals surface area contributed by atoms with Gasteiger partial charge in [0.15, 0.2) is 0 Å². The predicted octanol–water partition coefficient (Wildman–Crippen LogP) is 3.07. The van der Waals surface area contributed by atoms with E-state index in [4.69, 9.17) is 4.74 Å². The van der Waals surface area contributed by atoms with Gasteiger partial charge in [0.2, 0.25) is 0 Å². The quantitative estimate of drug-likeness (QED) is 0.738. The van der Waals surface area contributed by atoms with Crippen LogP contribution in [0.1, 0.15) is 60.8 Å². The maximum atomic E-state index is 11.5.